The number of aromatic nitrogens is 4. The Hall–Kier alpha value is -6.03. The molecule has 18 heteroatoms. The number of nitrogens with zero attached hydrogens (tertiary/aromatic N) is 6. The van der Waals surface area contributed by atoms with E-state index in [0.717, 1.165) is 47.2 Å². The topological polar surface area (TPSA) is 162 Å². The molecule has 2 fully saturated rings. The summed E-state index contributed by atoms with van der Waals surface area (Å²) >= 11 is 0. The molecule has 1 aliphatic carbocycles. The van der Waals surface area contributed by atoms with Crippen LogP contribution in [-0.4, -0.2) is 87.8 Å². The Morgan fingerprint density at radius 1 is 0.917 bits per heavy atom. The molecule has 0 radical (unpaired) electrons. The van der Waals surface area contributed by atoms with Crippen molar-refractivity contribution in [2.45, 2.75) is 61.7 Å². The molecule has 0 spiro atoms. The molecule has 5 aromatic rings. The second-order valence-corrected chi connectivity index (χ2v) is 16.9. The van der Waals surface area contributed by atoms with Crippen LogP contribution in [0.4, 0.5) is 18.9 Å². The quantitative estimate of drug-likeness (QED) is 0.0829. The summed E-state index contributed by atoms with van der Waals surface area (Å²) in [5, 5.41) is 7.36. The Bertz CT molecular complexity index is 2540. The van der Waals surface area contributed by atoms with Crippen molar-refractivity contribution in [1.82, 2.24) is 24.5 Å². The van der Waals surface area contributed by atoms with Gasteiger partial charge < -0.3 is 19.1 Å². The highest BCUT2D eigenvalue weighted by Crippen LogP contribution is 2.33. The van der Waals surface area contributed by atoms with Gasteiger partial charge in [-0.2, -0.15) is 18.3 Å². The predicted octanol–water partition coefficient (Wildman–Crippen LogP) is 6.26. The molecular weight excluding hydrogens is 804 g/mol. The maximum absolute atomic E-state index is 14.1. The van der Waals surface area contributed by atoms with E-state index in [9.17, 15) is 40.5 Å². The lowest BCUT2D eigenvalue weighted by molar-refractivity contribution is -0.896. The van der Waals surface area contributed by atoms with E-state index in [-0.39, 0.29) is 45.9 Å². The molecule has 316 valence electrons. The highest BCUT2D eigenvalue weighted by molar-refractivity contribution is 7.85. The van der Waals surface area contributed by atoms with Gasteiger partial charge in [-0.1, -0.05) is 36.4 Å². The minimum atomic E-state index is -4.65. The number of carbonyl (C=O) groups is 2. The van der Waals surface area contributed by atoms with Crippen LogP contribution >= 0.6 is 0 Å². The van der Waals surface area contributed by atoms with E-state index in [0.29, 0.717) is 42.8 Å². The number of piperidine rings is 1. The number of quaternary nitrogens is 1. The number of alkyl halides is 3. The number of amides is 1. The number of hydrogen-bond acceptors (Lipinski definition) is 8. The largest absolute Gasteiger partial charge is 0.744 e. The third-order valence-corrected chi connectivity index (χ3v) is 11.7. The number of carbonyl (C=O) groups excluding carboxylic acids is 2. The molecule has 1 saturated heterocycles. The first-order chi connectivity index (χ1) is 28.4. The van der Waals surface area contributed by atoms with Gasteiger partial charge in [0, 0.05) is 25.9 Å². The van der Waals surface area contributed by atoms with Crippen LogP contribution in [0.3, 0.4) is 0 Å². The summed E-state index contributed by atoms with van der Waals surface area (Å²) < 4.78 is 82.5. The molecule has 7 rings (SSSR count). The van der Waals surface area contributed by atoms with Crippen LogP contribution in [0.25, 0.3) is 27.6 Å². The summed E-state index contributed by atoms with van der Waals surface area (Å²) in [6.07, 6.45) is 0.426. The lowest BCUT2D eigenvalue weighted by atomic mass is 9.86. The average molecular weight is 848 g/mol. The zero-order chi connectivity index (χ0) is 43.4. The molecule has 3 heterocycles. The Labute approximate surface area is 344 Å². The fourth-order valence-corrected chi connectivity index (χ4v) is 8.00. The third-order valence-electron chi connectivity index (χ3n) is 10.8. The van der Waals surface area contributed by atoms with Crippen molar-refractivity contribution < 1.29 is 45.0 Å². The summed E-state index contributed by atoms with van der Waals surface area (Å²) in [5.41, 5.74) is -0.639. The summed E-state index contributed by atoms with van der Waals surface area (Å²) in [6, 6.07) is 19.4. The van der Waals surface area contributed by atoms with Gasteiger partial charge in [-0.15, -0.1) is 0 Å². The van der Waals surface area contributed by atoms with Gasteiger partial charge in [-0.3, -0.25) is 19.1 Å². The lowest BCUT2D eigenvalue weighted by Crippen LogP contribution is -2.48. The highest BCUT2D eigenvalue weighted by Gasteiger charge is 2.36. The van der Waals surface area contributed by atoms with Crippen LogP contribution in [0.1, 0.15) is 54.4 Å². The number of ether oxygens (including phenoxy) is 1. The number of rotatable bonds is 8. The SMILES string of the molecule is O=S(=O)([O-])c1ccccc1.[C-]#[N+]c1ccc(-n2nccc2-c2c(C(=O)NC3CCC(C(=O)OC4CC[N+](C)(C)CC4)CC3)c(=O)n(-c3cccc(C(F)(F)F)c3)n2C)cc1. The second kappa shape index (κ2) is 17.7. The predicted molar refractivity (Wildman–Crippen MR) is 213 cm³/mol. The van der Waals surface area contributed by atoms with Gasteiger partial charge in [0.1, 0.15) is 27.5 Å². The molecule has 1 aliphatic heterocycles. The smallest absolute Gasteiger partial charge is 0.416 e. The number of hydrogen-bond donors (Lipinski definition) is 1. The maximum Gasteiger partial charge on any atom is 0.416 e. The summed E-state index contributed by atoms with van der Waals surface area (Å²) in [5.74, 6) is -1.17. The molecule has 0 bridgehead atoms. The minimum absolute atomic E-state index is 0.0698. The van der Waals surface area contributed by atoms with Gasteiger partial charge in [0.2, 0.25) is 0 Å². The van der Waals surface area contributed by atoms with Crippen molar-refractivity contribution >= 4 is 27.7 Å². The van der Waals surface area contributed by atoms with Crippen LogP contribution in [0.15, 0.2) is 101 Å². The molecule has 2 aliphatic rings. The van der Waals surface area contributed by atoms with Crippen LogP contribution in [-0.2, 0) is 32.9 Å². The van der Waals surface area contributed by atoms with E-state index < -0.39 is 33.3 Å². The fourth-order valence-electron chi connectivity index (χ4n) is 7.50. The summed E-state index contributed by atoms with van der Waals surface area (Å²) in [4.78, 5) is 44.4. The summed E-state index contributed by atoms with van der Waals surface area (Å²) in [6.45, 7) is 9.15. The standard InChI is InChI=1S/C36H38F3N7O4.C6H6O3S/c1-40-25-12-14-27(15-13-25)44-30(16-19-41-44)32-31(34(48)45(43(32)2)28-7-5-6-24(22-28)36(37,38)39)33(47)42-26-10-8-23(9-11-26)35(49)50-29-17-20-46(3,4)21-18-29;7-10(8,9)6-4-2-1-3-5-6/h5-7,12-16,19,22-23,26,29H,8-11,17-18,20-21H2,2-4H3;1-5H,(H,7,8,9). The van der Waals surface area contributed by atoms with E-state index in [2.05, 4.69) is 29.4 Å². The van der Waals surface area contributed by atoms with Gasteiger partial charge in [0.25, 0.3) is 11.5 Å². The average Bonchev–Trinajstić information content (AvgIpc) is 3.80. The van der Waals surface area contributed by atoms with E-state index in [1.54, 1.807) is 36.4 Å². The van der Waals surface area contributed by atoms with Gasteiger partial charge >= 0.3 is 12.1 Å². The Kier molecular flexibility index (Phi) is 12.8. The van der Waals surface area contributed by atoms with Crippen LogP contribution in [0.2, 0.25) is 0 Å². The van der Waals surface area contributed by atoms with Gasteiger partial charge in [0.05, 0.1) is 73.4 Å². The van der Waals surface area contributed by atoms with Crippen LogP contribution in [0, 0.1) is 12.5 Å². The molecule has 1 saturated carbocycles. The normalized spacial score (nSPS) is 18.1. The van der Waals surface area contributed by atoms with Crippen molar-refractivity contribution in [1.29, 1.82) is 0 Å². The Morgan fingerprint density at radius 3 is 2.15 bits per heavy atom. The zero-order valence-electron chi connectivity index (χ0n) is 33.1. The lowest BCUT2D eigenvalue weighted by Gasteiger charge is -2.37. The van der Waals surface area contributed by atoms with Crippen molar-refractivity contribution in [3.05, 3.63) is 124 Å². The fraction of sp³-hybridized carbons (Fsp3) is 0.357. The number of halogens is 3. The van der Waals surface area contributed by atoms with Crippen LogP contribution in [0.5, 0.6) is 0 Å². The van der Waals surface area contributed by atoms with Crippen LogP contribution < -0.4 is 10.9 Å². The molecule has 14 nitrogen and oxygen atoms in total. The Balaban J connectivity index is 0.000000529. The molecule has 0 unspecified atom stereocenters. The monoisotopic (exact) mass is 847 g/mol. The molecule has 0 atom stereocenters. The van der Waals surface area contributed by atoms with Gasteiger partial charge in [0.15, 0.2) is 5.69 Å². The number of nitrogens with one attached hydrogen (secondary N) is 1. The highest BCUT2D eigenvalue weighted by atomic mass is 32.2. The Morgan fingerprint density at radius 2 is 1.57 bits per heavy atom. The maximum atomic E-state index is 14.1. The van der Waals surface area contributed by atoms with E-state index in [1.165, 1.54) is 59.0 Å². The van der Waals surface area contributed by atoms with E-state index in [4.69, 9.17) is 11.3 Å². The van der Waals surface area contributed by atoms with Crippen molar-refractivity contribution in [2.75, 3.05) is 27.2 Å². The number of esters is 1. The van der Waals surface area contributed by atoms with E-state index in [1.807, 2.05) is 0 Å². The second-order valence-electron chi connectivity index (χ2n) is 15.5. The molecular formula is C42H44F3N7O7S. The van der Waals surface area contributed by atoms with Crippen molar-refractivity contribution in [3.63, 3.8) is 0 Å². The zero-order valence-corrected chi connectivity index (χ0v) is 33.9. The first kappa shape index (κ1) is 43.5. The number of benzene rings is 3. The molecule has 1 amide bonds. The first-order valence-corrected chi connectivity index (χ1v) is 20.6. The molecule has 60 heavy (non-hydrogen) atoms. The van der Waals surface area contributed by atoms with Crippen molar-refractivity contribution in [3.8, 4) is 22.8 Å². The third kappa shape index (κ3) is 10.0. The van der Waals surface area contributed by atoms with Gasteiger partial charge in [-0.25, -0.2) is 22.6 Å². The van der Waals surface area contributed by atoms with E-state index >= 15 is 0 Å². The summed E-state index contributed by atoms with van der Waals surface area (Å²) in [7, 11) is 1.57. The molecule has 1 N–H and O–H groups in total. The van der Waals surface area contributed by atoms with Gasteiger partial charge in [-0.05, 0) is 74.2 Å². The minimum Gasteiger partial charge on any atom is -0.744 e. The molecule has 3 aromatic carbocycles. The molecule has 2 aromatic heterocycles. The number of likely N-dealkylation sites (tertiary alicyclic amines) is 1. The van der Waals surface area contributed by atoms with Crippen molar-refractivity contribution in [2.24, 2.45) is 13.0 Å². The first-order valence-electron chi connectivity index (χ1n) is 19.2.